The van der Waals surface area contributed by atoms with E-state index in [1.165, 1.54) is 43.2 Å². The van der Waals surface area contributed by atoms with Crippen LogP contribution in [0.15, 0.2) is 54.6 Å². The van der Waals surface area contributed by atoms with Crippen molar-refractivity contribution < 1.29 is 0 Å². The van der Waals surface area contributed by atoms with Gasteiger partial charge < -0.3 is 0 Å². The Morgan fingerprint density at radius 1 is 0.833 bits per heavy atom. The van der Waals surface area contributed by atoms with Crippen LogP contribution in [0.2, 0.25) is 0 Å². The zero-order valence-electron chi connectivity index (χ0n) is 14.2. The van der Waals surface area contributed by atoms with Crippen LogP contribution >= 0.6 is 0 Å². The Bertz CT molecular complexity index is 814. The lowest BCUT2D eigenvalue weighted by atomic mass is 9.95. The molecule has 0 amide bonds. The number of aryl methyl sites for hydroxylation is 1. The van der Waals surface area contributed by atoms with Gasteiger partial charge in [0.15, 0.2) is 5.82 Å². The average molecular weight is 317 g/mol. The molecule has 24 heavy (non-hydrogen) atoms. The lowest BCUT2D eigenvalue weighted by Crippen LogP contribution is -2.15. The molecule has 2 aromatic carbocycles. The SMILES string of the molecule is Cc1nc(-c2cccc(-c3ccccc3)c2)n(C2CCCCC2)n1. The summed E-state index contributed by atoms with van der Waals surface area (Å²) in [6.07, 6.45) is 6.38. The molecule has 1 saturated carbocycles. The number of nitrogens with zero attached hydrogens (tertiary/aromatic N) is 3. The quantitative estimate of drug-likeness (QED) is 0.645. The molecule has 3 heteroatoms. The van der Waals surface area contributed by atoms with Gasteiger partial charge in [-0.1, -0.05) is 67.8 Å². The Kier molecular flexibility index (Phi) is 4.16. The maximum absolute atomic E-state index is 4.74. The van der Waals surface area contributed by atoms with Crippen LogP contribution in [0, 0.1) is 6.92 Å². The van der Waals surface area contributed by atoms with Crippen LogP contribution in [-0.2, 0) is 0 Å². The van der Waals surface area contributed by atoms with Crippen LogP contribution in [0.25, 0.3) is 22.5 Å². The van der Waals surface area contributed by atoms with Crippen molar-refractivity contribution in [2.24, 2.45) is 0 Å². The summed E-state index contributed by atoms with van der Waals surface area (Å²) >= 11 is 0. The molecule has 1 fully saturated rings. The molecular formula is C21H23N3. The highest BCUT2D eigenvalue weighted by Gasteiger charge is 2.21. The summed E-state index contributed by atoms with van der Waals surface area (Å²) in [5.74, 6) is 1.87. The standard InChI is InChI=1S/C21H23N3/c1-16-22-21(24(23-16)20-13-6-3-7-14-20)19-12-8-11-18(15-19)17-9-4-2-5-10-17/h2,4-5,8-12,15,20H,3,6-7,13-14H2,1H3. The minimum Gasteiger partial charge on any atom is -0.242 e. The van der Waals surface area contributed by atoms with E-state index in [0.29, 0.717) is 6.04 Å². The van der Waals surface area contributed by atoms with Crippen molar-refractivity contribution in [3.8, 4) is 22.5 Å². The Morgan fingerprint density at radius 3 is 2.33 bits per heavy atom. The van der Waals surface area contributed by atoms with Crippen molar-refractivity contribution in [2.75, 3.05) is 0 Å². The topological polar surface area (TPSA) is 30.7 Å². The third kappa shape index (κ3) is 2.99. The summed E-state index contributed by atoms with van der Waals surface area (Å²) in [6, 6.07) is 19.7. The lowest BCUT2D eigenvalue weighted by molar-refractivity contribution is 0.331. The molecule has 1 heterocycles. The zero-order valence-corrected chi connectivity index (χ0v) is 14.2. The van der Waals surface area contributed by atoms with Crippen molar-refractivity contribution >= 4 is 0 Å². The van der Waals surface area contributed by atoms with Gasteiger partial charge in [-0.3, -0.25) is 0 Å². The average Bonchev–Trinajstić information content (AvgIpc) is 3.05. The molecule has 0 saturated heterocycles. The van der Waals surface area contributed by atoms with E-state index in [9.17, 15) is 0 Å². The minimum absolute atomic E-state index is 0.496. The van der Waals surface area contributed by atoms with Crippen molar-refractivity contribution in [2.45, 2.75) is 45.1 Å². The number of benzene rings is 2. The second kappa shape index (κ2) is 6.60. The largest absolute Gasteiger partial charge is 0.242 e. The number of hydrogen-bond donors (Lipinski definition) is 0. The maximum atomic E-state index is 4.74. The summed E-state index contributed by atoms with van der Waals surface area (Å²) in [5.41, 5.74) is 3.62. The Labute approximate surface area is 143 Å². The highest BCUT2D eigenvalue weighted by atomic mass is 15.4. The number of rotatable bonds is 3. The molecule has 4 rings (SSSR count). The first kappa shape index (κ1) is 15.1. The van der Waals surface area contributed by atoms with E-state index in [2.05, 4.69) is 59.3 Å². The Morgan fingerprint density at radius 2 is 1.54 bits per heavy atom. The summed E-state index contributed by atoms with van der Waals surface area (Å²) in [7, 11) is 0. The van der Waals surface area contributed by atoms with Gasteiger partial charge in [0.1, 0.15) is 5.82 Å². The van der Waals surface area contributed by atoms with Gasteiger partial charge in [-0.2, -0.15) is 5.10 Å². The second-order valence-electron chi connectivity index (χ2n) is 6.67. The van der Waals surface area contributed by atoms with Crippen molar-refractivity contribution in [3.05, 3.63) is 60.4 Å². The predicted molar refractivity (Wildman–Crippen MR) is 97.8 cm³/mol. The molecule has 1 aromatic heterocycles. The zero-order chi connectivity index (χ0) is 16.4. The van der Waals surface area contributed by atoms with Crippen LogP contribution < -0.4 is 0 Å². The summed E-state index contributed by atoms with van der Waals surface area (Å²) in [4.78, 5) is 4.74. The van der Waals surface area contributed by atoms with Gasteiger partial charge in [0.2, 0.25) is 0 Å². The van der Waals surface area contributed by atoms with Crippen LogP contribution in [-0.4, -0.2) is 14.8 Å². The molecule has 0 atom stereocenters. The summed E-state index contributed by atoms with van der Waals surface area (Å²) < 4.78 is 2.18. The molecule has 0 bridgehead atoms. The van der Waals surface area contributed by atoms with Crippen molar-refractivity contribution in [1.82, 2.24) is 14.8 Å². The van der Waals surface area contributed by atoms with E-state index in [1.54, 1.807) is 0 Å². The molecule has 122 valence electrons. The van der Waals surface area contributed by atoms with Crippen LogP contribution in [0.1, 0.15) is 44.0 Å². The number of aromatic nitrogens is 3. The number of hydrogen-bond acceptors (Lipinski definition) is 2. The molecule has 0 radical (unpaired) electrons. The van der Waals surface area contributed by atoms with Crippen molar-refractivity contribution in [1.29, 1.82) is 0 Å². The third-order valence-corrected chi connectivity index (χ3v) is 4.89. The lowest BCUT2D eigenvalue weighted by Gasteiger charge is -2.23. The van der Waals surface area contributed by atoms with Gasteiger partial charge >= 0.3 is 0 Å². The molecule has 1 aliphatic rings. The molecule has 0 unspecified atom stereocenters. The smallest absolute Gasteiger partial charge is 0.158 e. The van der Waals surface area contributed by atoms with E-state index in [-0.39, 0.29) is 0 Å². The summed E-state index contributed by atoms with van der Waals surface area (Å²) in [5, 5.41) is 4.72. The first-order valence-corrected chi connectivity index (χ1v) is 8.90. The monoisotopic (exact) mass is 317 g/mol. The van der Waals surface area contributed by atoms with Gasteiger partial charge in [0, 0.05) is 5.56 Å². The first-order chi connectivity index (χ1) is 11.8. The first-order valence-electron chi connectivity index (χ1n) is 8.90. The molecule has 1 aliphatic carbocycles. The van der Waals surface area contributed by atoms with Crippen LogP contribution in [0.4, 0.5) is 0 Å². The van der Waals surface area contributed by atoms with Gasteiger partial charge in [0.25, 0.3) is 0 Å². The second-order valence-corrected chi connectivity index (χ2v) is 6.67. The third-order valence-electron chi connectivity index (χ3n) is 4.89. The minimum atomic E-state index is 0.496. The Balaban J connectivity index is 1.74. The molecule has 0 N–H and O–H groups in total. The highest BCUT2D eigenvalue weighted by Crippen LogP contribution is 2.32. The van der Waals surface area contributed by atoms with Gasteiger partial charge in [-0.15, -0.1) is 0 Å². The van der Waals surface area contributed by atoms with E-state index >= 15 is 0 Å². The Hall–Kier alpha value is -2.42. The van der Waals surface area contributed by atoms with Gasteiger partial charge in [-0.25, -0.2) is 9.67 Å². The summed E-state index contributed by atoms with van der Waals surface area (Å²) in [6.45, 7) is 1.99. The maximum Gasteiger partial charge on any atom is 0.158 e. The molecule has 3 nitrogen and oxygen atoms in total. The molecular weight excluding hydrogens is 294 g/mol. The van der Waals surface area contributed by atoms with E-state index < -0.39 is 0 Å². The molecule has 0 aliphatic heterocycles. The fraction of sp³-hybridized carbons (Fsp3) is 0.333. The molecule has 0 spiro atoms. The fourth-order valence-electron chi connectivity index (χ4n) is 3.68. The van der Waals surface area contributed by atoms with E-state index in [0.717, 1.165) is 17.2 Å². The van der Waals surface area contributed by atoms with Gasteiger partial charge in [-0.05, 0) is 37.0 Å². The normalized spacial score (nSPS) is 15.5. The van der Waals surface area contributed by atoms with Gasteiger partial charge in [0.05, 0.1) is 6.04 Å². The van der Waals surface area contributed by atoms with E-state index in [1.807, 2.05) is 6.92 Å². The van der Waals surface area contributed by atoms with Crippen LogP contribution in [0.5, 0.6) is 0 Å². The van der Waals surface area contributed by atoms with Crippen molar-refractivity contribution in [3.63, 3.8) is 0 Å². The van der Waals surface area contributed by atoms with E-state index in [4.69, 9.17) is 10.1 Å². The highest BCUT2D eigenvalue weighted by molar-refractivity contribution is 5.70. The predicted octanol–water partition coefficient (Wildman–Crippen LogP) is 5.43. The fourth-order valence-corrected chi connectivity index (χ4v) is 3.68. The molecule has 3 aromatic rings. The van der Waals surface area contributed by atoms with Crippen LogP contribution in [0.3, 0.4) is 0 Å².